The van der Waals surface area contributed by atoms with Crippen LogP contribution in [0, 0.1) is 15.9 Å². The number of methoxy groups -OCH3 is 1. The van der Waals surface area contributed by atoms with Gasteiger partial charge in [0.05, 0.1) is 30.3 Å². The summed E-state index contributed by atoms with van der Waals surface area (Å²) in [7, 11) is 1.10. The van der Waals surface area contributed by atoms with Crippen LogP contribution >= 0.6 is 0 Å². The number of hydrogen-bond acceptors (Lipinski definition) is 5. The van der Waals surface area contributed by atoms with Gasteiger partial charge < -0.3 is 9.47 Å². The summed E-state index contributed by atoms with van der Waals surface area (Å²) in [6, 6.07) is 1.66. The molecule has 104 valence electrons. The van der Waals surface area contributed by atoms with Crippen LogP contribution in [0.15, 0.2) is 12.1 Å². The molecule has 0 atom stereocenters. The third kappa shape index (κ3) is 3.64. The Hall–Kier alpha value is -2.18. The average molecular weight is 271 g/mol. The molecule has 19 heavy (non-hydrogen) atoms. The Balaban J connectivity index is 3.15. The quantitative estimate of drug-likeness (QED) is 0.344. The topological polar surface area (TPSA) is 78.7 Å². The predicted molar refractivity (Wildman–Crippen MR) is 64.8 cm³/mol. The van der Waals surface area contributed by atoms with Crippen molar-refractivity contribution in [2.45, 2.75) is 19.8 Å². The zero-order valence-corrected chi connectivity index (χ0v) is 10.6. The number of rotatable bonds is 6. The smallest absolute Gasteiger partial charge is 0.340 e. The van der Waals surface area contributed by atoms with Gasteiger partial charge in [0.1, 0.15) is 5.82 Å². The Labute approximate surface area is 109 Å². The van der Waals surface area contributed by atoms with Gasteiger partial charge in [0.2, 0.25) is 0 Å². The SMILES string of the molecule is CCCCOc1cc(C(=O)OC)c(F)cc1[N+](=O)[O-]. The van der Waals surface area contributed by atoms with Crippen molar-refractivity contribution < 1.29 is 23.6 Å². The molecule has 0 N–H and O–H groups in total. The van der Waals surface area contributed by atoms with E-state index in [4.69, 9.17) is 4.74 Å². The van der Waals surface area contributed by atoms with Crippen molar-refractivity contribution in [3.63, 3.8) is 0 Å². The molecule has 0 saturated heterocycles. The highest BCUT2D eigenvalue weighted by molar-refractivity contribution is 5.90. The Kier molecular flexibility index (Phi) is 5.23. The number of carbonyl (C=O) groups excluding carboxylic acids is 1. The number of nitrogens with zero attached hydrogens (tertiary/aromatic N) is 1. The third-order valence-electron chi connectivity index (χ3n) is 2.41. The first-order chi connectivity index (χ1) is 9.01. The molecule has 0 aromatic heterocycles. The van der Waals surface area contributed by atoms with E-state index in [2.05, 4.69) is 4.74 Å². The number of ether oxygens (including phenoxy) is 2. The molecule has 0 bridgehead atoms. The van der Waals surface area contributed by atoms with Gasteiger partial charge in [-0.25, -0.2) is 9.18 Å². The maximum absolute atomic E-state index is 13.6. The monoisotopic (exact) mass is 271 g/mol. The van der Waals surface area contributed by atoms with E-state index >= 15 is 0 Å². The summed E-state index contributed by atoms with van der Waals surface area (Å²) in [5, 5.41) is 10.8. The van der Waals surface area contributed by atoms with E-state index in [1.165, 1.54) is 0 Å². The van der Waals surface area contributed by atoms with Gasteiger partial charge in [-0.1, -0.05) is 13.3 Å². The van der Waals surface area contributed by atoms with Crippen LogP contribution in [0.1, 0.15) is 30.1 Å². The summed E-state index contributed by atoms with van der Waals surface area (Å²) in [5.41, 5.74) is -0.902. The fourth-order valence-electron chi connectivity index (χ4n) is 1.39. The van der Waals surface area contributed by atoms with E-state index < -0.39 is 22.4 Å². The van der Waals surface area contributed by atoms with Crippen molar-refractivity contribution in [3.8, 4) is 5.75 Å². The predicted octanol–water partition coefficient (Wildman–Crippen LogP) is 2.70. The van der Waals surface area contributed by atoms with E-state index in [1.54, 1.807) is 0 Å². The molecule has 1 rings (SSSR count). The van der Waals surface area contributed by atoms with Gasteiger partial charge >= 0.3 is 11.7 Å². The van der Waals surface area contributed by atoms with Gasteiger partial charge in [-0.05, 0) is 6.42 Å². The zero-order valence-electron chi connectivity index (χ0n) is 10.6. The van der Waals surface area contributed by atoms with Gasteiger partial charge in [-0.3, -0.25) is 10.1 Å². The second kappa shape index (κ2) is 6.67. The lowest BCUT2D eigenvalue weighted by molar-refractivity contribution is -0.386. The number of hydrogen-bond donors (Lipinski definition) is 0. The summed E-state index contributed by atoms with van der Waals surface area (Å²) in [5.74, 6) is -2.06. The first kappa shape index (κ1) is 14.9. The maximum Gasteiger partial charge on any atom is 0.340 e. The minimum Gasteiger partial charge on any atom is -0.487 e. The van der Waals surface area contributed by atoms with E-state index in [0.717, 1.165) is 19.6 Å². The first-order valence-corrected chi connectivity index (χ1v) is 5.70. The number of unbranched alkanes of at least 4 members (excludes halogenated alkanes) is 1. The lowest BCUT2D eigenvalue weighted by atomic mass is 10.1. The molecule has 0 spiro atoms. The number of benzene rings is 1. The molecule has 0 aliphatic rings. The number of nitro benzene ring substituents is 1. The third-order valence-corrected chi connectivity index (χ3v) is 2.41. The summed E-state index contributed by atoms with van der Waals surface area (Å²) in [4.78, 5) is 21.4. The van der Waals surface area contributed by atoms with Crippen LogP contribution in [-0.4, -0.2) is 24.6 Å². The minimum absolute atomic E-state index is 0.139. The molecule has 6 nitrogen and oxygen atoms in total. The van der Waals surface area contributed by atoms with Gasteiger partial charge in [-0.15, -0.1) is 0 Å². The molecule has 0 aliphatic carbocycles. The largest absolute Gasteiger partial charge is 0.487 e. The highest BCUT2D eigenvalue weighted by Gasteiger charge is 2.23. The number of esters is 1. The van der Waals surface area contributed by atoms with Crippen molar-refractivity contribution in [2.24, 2.45) is 0 Å². The van der Waals surface area contributed by atoms with Crippen LogP contribution in [0.3, 0.4) is 0 Å². The molecule has 0 heterocycles. The van der Waals surface area contributed by atoms with Gasteiger partial charge in [0.25, 0.3) is 0 Å². The Bertz CT molecular complexity index is 489. The van der Waals surface area contributed by atoms with Crippen molar-refractivity contribution in [3.05, 3.63) is 33.6 Å². The van der Waals surface area contributed by atoms with Crippen LogP contribution in [0.25, 0.3) is 0 Å². The van der Waals surface area contributed by atoms with Crippen molar-refractivity contribution in [2.75, 3.05) is 13.7 Å². The summed E-state index contributed by atoms with van der Waals surface area (Å²) < 4.78 is 23.2. The molecule has 1 aromatic rings. The van der Waals surface area contributed by atoms with Gasteiger partial charge in [0.15, 0.2) is 5.75 Å². The number of nitro groups is 1. The molecule has 0 radical (unpaired) electrons. The normalized spacial score (nSPS) is 10.1. The van der Waals surface area contributed by atoms with Crippen LogP contribution in [0.4, 0.5) is 10.1 Å². The van der Waals surface area contributed by atoms with E-state index in [0.29, 0.717) is 12.5 Å². The Morgan fingerprint density at radius 1 is 1.47 bits per heavy atom. The molecule has 0 amide bonds. The van der Waals surface area contributed by atoms with Crippen LogP contribution < -0.4 is 4.74 Å². The molecule has 0 saturated carbocycles. The van der Waals surface area contributed by atoms with Crippen LogP contribution in [0.2, 0.25) is 0 Å². The lowest BCUT2D eigenvalue weighted by Gasteiger charge is -2.08. The second-order valence-corrected chi connectivity index (χ2v) is 3.75. The first-order valence-electron chi connectivity index (χ1n) is 5.70. The molecule has 0 unspecified atom stereocenters. The summed E-state index contributed by atoms with van der Waals surface area (Å²) >= 11 is 0. The van der Waals surface area contributed by atoms with Crippen molar-refractivity contribution in [1.82, 2.24) is 0 Å². The van der Waals surface area contributed by atoms with E-state index in [-0.39, 0.29) is 17.9 Å². The maximum atomic E-state index is 13.6. The summed E-state index contributed by atoms with van der Waals surface area (Å²) in [6.07, 6.45) is 1.54. The van der Waals surface area contributed by atoms with Gasteiger partial charge in [-0.2, -0.15) is 0 Å². The van der Waals surface area contributed by atoms with Crippen molar-refractivity contribution >= 4 is 11.7 Å². The van der Waals surface area contributed by atoms with Crippen LogP contribution in [-0.2, 0) is 4.74 Å². The standard InChI is InChI=1S/C12H14FNO5/c1-3-4-5-19-11-6-8(12(15)18-2)9(13)7-10(11)14(16)17/h6-7H,3-5H2,1-2H3. The molecule has 0 aliphatic heterocycles. The fourth-order valence-corrected chi connectivity index (χ4v) is 1.39. The molecule has 0 fully saturated rings. The second-order valence-electron chi connectivity index (χ2n) is 3.75. The Morgan fingerprint density at radius 3 is 2.68 bits per heavy atom. The lowest BCUT2D eigenvalue weighted by Crippen LogP contribution is -2.08. The fraction of sp³-hybridized carbons (Fsp3) is 0.417. The molecular formula is C12H14FNO5. The van der Waals surface area contributed by atoms with E-state index in [9.17, 15) is 19.3 Å². The number of carbonyl (C=O) groups is 1. The summed E-state index contributed by atoms with van der Waals surface area (Å²) in [6.45, 7) is 2.19. The Morgan fingerprint density at radius 2 is 2.16 bits per heavy atom. The highest BCUT2D eigenvalue weighted by Crippen LogP contribution is 2.30. The zero-order chi connectivity index (χ0) is 14.4. The number of halogens is 1. The molecule has 7 heteroatoms. The van der Waals surface area contributed by atoms with E-state index in [1.807, 2.05) is 6.92 Å². The van der Waals surface area contributed by atoms with Crippen LogP contribution in [0.5, 0.6) is 5.75 Å². The van der Waals surface area contributed by atoms with Crippen molar-refractivity contribution in [1.29, 1.82) is 0 Å². The highest BCUT2D eigenvalue weighted by atomic mass is 19.1. The van der Waals surface area contributed by atoms with Gasteiger partial charge in [0, 0.05) is 6.07 Å². The molecular weight excluding hydrogens is 257 g/mol. The average Bonchev–Trinajstić information content (AvgIpc) is 2.39. The molecule has 1 aromatic carbocycles. The minimum atomic E-state index is -1.01.